The average molecular weight is 404 g/mol. The van der Waals surface area contributed by atoms with E-state index in [1.54, 1.807) is 6.07 Å². The van der Waals surface area contributed by atoms with Crippen molar-refractivity contribution < 1.29 is 4.39 Å². The van der Waals surface area contributed by atoms with Gasteiger partial charge in [0.1, 0.15) is 23.2 Å². The second-order valence-electron chi connectivity index (χ2n) is 8.45. The van der Waals surface area contributed by atoms with E-state index in [1.165, 1.54) is 44.6 Å². The molecule has 5 nitrogen and oxygen atoms in total. The highest BCUT2D eigenvalue weighted by Gasteiger charge is 2.26. The molecule has 0 spiro atoms. The van der Waals surface area contributed by atoms with E-state index in [4.69, 9.17) is 15.2 Å². The molecule has 6 heteroatoms. The first kappa shape index (κ1) is 19.0. The molecule has 30 heavy (non-hydrogen) atoms. The van der Waals surface area contributed by atoms with Crippen LogP contribution in [0.5, 0.6) is 0 Å². The molecule has 0 N–H and O–H groups in total. The molecule has 1 saturated carbocycles. The summed E-state index contributed by atoms with van der Waals surface area (Å²) in [7, 11) is 0. The van der Waals surface area contributed by atoms with Gasteiger partial charge in [0.15, 0.2) is 5.65 Å². The predicted molar refractivity (Wildman–Crippen MR) is 116 cm³/mol. The van der Waals surface area contributed by atoms with E-state index in [2.05, 4.69) is 15.5 Å². The normalized spacial score (nSPS) is 17.9. The van der Waals surface area contributed by atoms with Crippen molar-refractivity contribution in [3.05, 3.63) is 41.8 Å². The van der Waals surface area contributed by atoms with Crippen molar-refractivity contribution in [3.63, 3.8) is 0 Å². The van der Waals surface area contributed by atoms with Gasteiger partial charge in [-0.25, -0.2) is 14.4 Å². The SMILES string of the molecule is N#Cc1ccc(-c2nc3c(N4CCCCC4)ccnc3n2C2CCCCC2)cc1F. The zero-order valence-electron chi connectivity index (χ0n) is 17.1. The minimum atomic E-state index is -0.499. The predicted octanol–water partition coefficient (Wildman–Crippen LogP) is 5.60. The zero-order chi connectivity index (χ0) is 20.5. The number of piperidine rings is 1. The molecule has 0 unspecified atom stereocenters. The summed E-state index contributed by atoms with van der Waals surface area (Å²) in [4.78, 5) is 12.2. The van der Waals surface area contributed by atoms with Gasteiger partial charge >= 0.3 is 0 Å². The number of imidazole rings is 1. The highest BCUT2D eigenvalue weighted by Crippen LogP contribution is 2.38. The molecule has 1 aromatic carbocycles. The van der Waals surface area contributed by atoms with Crippen LogP contribution >= 0.6 is 0 Å². The van der Waals surface area contributed by atoms with Crippen molar-refractivity contribution in [2.24, 2.45) is 0 Å². The van der Waals surface area contributed by atoms with E-state index < -0.39 is 5.82 Å². The molecule has 154 valence electrons. The fraction of sp³-hybridized carbons (Fsp3) is 0.458. The summed E-state index contributed by atoms with van der Waals surface area (Å²) >= 11 is 0. The van der Waals surface area contributed by atoms with Crippen LogP contribution in [0, 0.1) is 17.1 Å². The number of hydrogen-bond acceptors (Lipinski definition) is 4. The standard InChI is InChI=1S/C24H26FN5/c25-20-15-17(9-10-18(20)16-26)23-28-22-21(29-13-5-2-6-14-29)11-12-27-24(22)30(23)19-7-3-1-4-8-19/h9-12,15,19H,1-8,13-14H2. The number of fused-ring (bicyclic) bond motifs is 1. The van der Waals surface area contributed by atoms with Gasteiger partial charge in [-0.05, 0) is 56.4 Å². The van der Waals surface area contributed by atoms with Crippen LogP contribution in [0.2, 0.25) is 0 Å². The van der Waals surface area contributed by atoms with Crippen molar-refractivity contribution in [3.8, 4) is 17.5 Å². The molecule has 1 aliphatic carbocycles. The Kier molecular flexibility index (Phi) is 5.12. The highest BCUT2D eigenvalue weighted by molar-refractivity contribution is 5.89. The van der Waals surface area contributed by atoms with Gasteiger partial charge in [0.25, 0.3) is 0 Å². The van der Waals surface area contributed by atoms with Crippen LogP contribution in [-0.4, -0.2) is 27.6 Å². The summed E-state index contributed by atoms with van der Waals surface area (Å²) in [5, 5.41) is 9.11. The van der Waals surface area contributed by atoms with Crippen molar-refractivity contribution >= 4 is 16.9 Å². The molecule has 2 aliphatic rings. The zero-order valence-corrected chi connectivity index (χ0v) is 17.1. The van der Waals surface area contributed by atoms with Crippen LogP contribution in [-0.2, 0) is 0 Å². The van der Waals surface area contributed by atoms with E-state index >= 15 is 0 Å². The Morgan fingerprint density at radius 1 is 1.00 bits per heavy atom. The molecule has 5 rings (SSSR count). The molecule has 2 fully saturated rings. The fourth-order valence-corrected chi connectivity index (χ4v) is 5.00. The number of halogens is 1. The van der Waals surface area contributed by atoms with Crippen molar-refractivity contribution in [2.45, 2.75) is 57.4 Å². The number of nitrogens with zero attached hydrogens (tertiary/aromatic N) is 5. The van der Waals surface area contributed by atoms with Crippen molar-refractivity contribution in [1.82, 2.24) is 14.5 Å². The Balaban J connectivity index is 1.70. The van der Waals surface area contributed by atoms with E-state index in [-0.39, 0.29) is 5.56 Å². The van der Waals surface area contributed by atoms with Gasteiger partial charge < -0.3 is 9.47 Å². The maximum absolute atomic E-state index is 14.5. The fourth-order valence-electron chi connectivity index (χ4n) is 5.00. The number of hydrogen-bond donors (Lipinski definition) is 0. The van der Waals surface area contributed by atoms with Gasteiger partial charge in [0.2, 0.25) is 0 Å². The number of benzene rings is 1. The molecular formula is C24H26FN5. The number of rotatable bonds is 3. The van der Waals surface area contributed by atoms with Gasteiger partial charge in [0.05, 0.1) is 11.3 Å². The second-order valence-corrected chi connectivity index (χ2v) is 8.45. The lowest BCUT2D eigenvalue weighted by atomic mass is 9.95. The Morgan fingerprint density at radius 3 is 2.50 bits per heavy atom. The summed E-state index contributed by atoms with van der Waals surface area (Å²) in [5.41, 5.74) is 3.70. The third kappa shape index (κ3) is 3.32. The molecule has 3 aromatic rings. The molecule has 0 bridgehead atoms. The van der Waals surface area contributed by atoms with Crippen molar-refractivity contribution in [1.29, 1.82) is 5.26 Å². The maximum atomic E-state index is 14.5. The first-order valence-electron chi connectivity index (χ1n) is 11.1. The lowest BCUT2D eigenvalue weighted by Crippen LogP contribution is -2.29. The van der Waals surface area contributed by atoms with Crippen LogP contribution < -0.4 is 4.90 Å². The van der Waals surface area contributed by atoms with Gasteiger partial charge in [-0.15, -0.1) is 0 Å². The third-order valence-corrected chi connectivity index (χ3v) is 6.54. The Hall–Kier alpha value is -2.94. The largest absolute Gasteiger partial charge is 0.370 e. The summed E-state index contributed by atoms with van der Waals surface area (Å²) in [6.45, 7) is 2.08. The molecule has 3 heterocycles. The van der Waals surface area contributed by atoms with Crippen LogP contribution in [0.3, 0.4) is 0 Å². The minimum Gasteiger partial charge on any atom is -0.370 e. The minimum absolute atomic E-state index is 0.0613. The smallest absolute Gasteiger partial charge is 0.162 e. The number of pyridine rings is 1. The molecule has 0 radical (unpaired) electrons. The highest BCUT2D eigenvalue weighted by atomic mass is 19.1. The third-order valence-electron chi connectivity index (χ3n) is 6.54. The second kappa shape index (κ2) is 8.06. The summed E-state index contributed by atoms with van der Waals surface area (Å²) in [6.07, 6.45) is 11.4. The first-order valence-corrected chi connectivity index (χ1v) is 11.1. The topological polar surface area (TPSA) is 57.7 Å². The van der Waals surface area contributed by atoms with Crippen LogP contribution in [0.1, 0.15) is 63.0 Å². The van der Waals surface area contributed by atoms with Gasteiger partial charge in [-0.3, -0.25) is 0 Å². The number of anilines is 1. The van der Waals surface area contributed by atoms with E-state index in [9.17, 15) is 4.39 Å². The van der Waals surface area contributed by atoms with Crippen molar-refractivity contribution in [2.75, 3.05) is 18.0 Å². The maximum Gasteiger partial charge on any atom is 0.162 e. The lowest BCUT2D eigenvalue weighted by Gasteiger charge is -2.29. The van der Waals surface area contributed by atoms with Gasteiger partial charge in [-0.2, -0.15) is 5.26 Å². The van der Waals surface area contributed by atoms with E-state index in [0.29, 0.717) is 11.6 Å². The van der Waals surface area contributed by atoms with E-state index in [1.807, 2.05) is 18.3 Å². The Morgan fingerprint density at radius 2 is 1.77 bits per heavy atom. The van der Waals surface area contributed by atoms with Gasteiger partial charge in [0, 0.05) is 30.9 Å². The van der Waals surface area contributed by atoms with Crippen LogP contribution in [0.25, 0.3) is 22.6 Å². The molecule has 1 saturated heterocycles. The Labute approximate surface area is 176 Å². The van der Waals surface area contributed by atoms with Crippen LogP contribution in [0.4, 0.5) is 10.1 Å². The quantitative estimate of drug-likeness (QED) is 0.571. The number of aromatic nitrogens is 3. The first-order chi connectivity index (χ1) is 14.8. The summed E-state index contributed by atoms with van der Waals surface area (Å²) in [5.74, 6) is 0.263. The molecule has 0 amide bonds. The molecular weight excluding hydrogens is 377 g/mol. The molecule has 2 aromatic heterocycles. The van der Waals surface area contributed by atoms with Crippen LogP contribution in [0.15, 0.2) is 30.5 Å². The average Bonchev–Trinajstić information content (AvgIpc) is 3.20. The number of nitriles is 1. The summed E-state index contributed by atoms with van der Waals surface area (Å²) < 4.78 is 16.7. The Bertz CT molecular complexity index is 1100. The summed E-state index contributed by atoms with van der Waals surface area (Å²) in [6, 6.07) is 9.10. The lowest BCUT2D eigenvalue weighted by molar-refractivity contribution is 0.361. The monoisotopic (exact) mass is 403 g/mol. The molecule has 1 aliphatic heterocycles. The van der Waals surface area contributed by atoms with E-state index in [0.717, 1.165) is 48.6 Å². The molecule has 0 atom stereocenters. The van der Waals surface area contributed by atoms with Gasteiger partial charge in [-0.1, -0.05) is 19.3 Å².